The number of likely N-dealkylation sites (tertiary alicyclic amines) is 1. The first-order valence-corrected chi connectivity index (χ1v) is 8.75. The van der Waals surface area contributed by atoms with Gasteiger partial charge in [0.15, 0.2) is 0 Å². The maximum absolute atomic E-state index is 11.5. The van der Waals surface area contributed by atoms with Crippen LogP contribution in [0.1, 0.15) is 19.8 Å². The molecule has 0 bridgehead atoms. The highest BCUT2D eigenvalue weighted by atomic mass is 32.2. The van der Waals surface area contributed by atoms with Crippen LogP contribution in [0.4, 0.5) is 11.4 Å². The molecule has 0 spiro atoms. The Balaban J connectivity index is 2.22. The number of nitrogen functional groups attached to an aromatic ring is 1. The van der Waals surface area contributed by atoms with E-state index in [0.29, 0.717) is 11.7 Å². The van der Waals surface area contributed by atoms with Crippen LogP contribution in [0.3, 0.4) is 0 Å². The number of benzene rings is 1. The molecule has 0 amide bonds. The second-order valence-corrected chi connectivity index (χ2v) is 7.07. The summed E-state index contributed by atoms with van der Waals surface area (Å²) >= 11 is 0. The third-order valence-corrected chi connectivity index (χ3v) is 5.12. The Kier molecular flexibility index (Phi) is 4.75. The molecule has 1 saturated heterocycles. The number of primary sulfonamides is 1. The molecule has 118 valence electrons. The fraction of sp³-hybridized carbons (Fsp3) is 0.571. The van der Waals surface area contributed by atoms with Gasteiger partial charge in [-0.3, -0.25) is 4.90 Å². The van der Waals surface area contributed by atoms with Crippen molar-refractivity contribution in [2.24, 2.45) is 5.14 Å². The minimum atomic E-state index is -3.79. The maximum atomic E-state index is 11.5. The lowest BCUT2D eigenvalue weighted by Crippen LogP contribution is -2.39. The average molecular weight is 312 g/mol. The predicted molar refractivity (Wildman–Crippen MR) is 85.8 cm³/mol. The van der Waals surface area contributed by atoms with Crippen LogP contribution in [0.5, 0.6) is 0 Å². The third-order valence-electron chi connectivity index (χ3n) is 4.15. The molecule has 7 heteroatoms. The van der Waals surface area contributed by atoms with Gasteiger partial charge in [-0.15, -0.1) is 0 Å². The first kappa shape index (κ1) is 16.1. The topological polar surface area (TPSA) is 92.7 Å². The van der Waals surface area contributed by atoms with Crippen LogP contribution in [0.25, 0.3) is 0 Å². The second kappa shape index (κ2) is 6.21. The van der Waals surface area contributed by atoms with Gasteiger partial charge in [-0.1, -0.05) is 13.0 Å². The van der Waals surface area contributed by atoms with Gasteiger partial charge in [0.05, 0.1) is 11.4 Å². The lowest BCUT2D eigenvalue weighted by molar-refractivity contribution is 0.270. The molecular weight excluding hydrogens is 288 g/mol. The summed E-state index contributed by atoms with van der Waals surface area (Å²) < 4.78 is 23.1. The quantitative estimate of drug-likeness (QED) is 0.786. The summed E-state index contributed by atoms with van der Waals surface area (Å²) in [6.45, 7) is 5.15. The molecule has 1 heterocycles. The van der Waals surface area contributed by atoms with Crippen LogP contribution in [0.15, 0.2) is 23.1 Å². The van der Waals surface area contributed by atoms with Crippen LogP contribution in [0.2, 0.25) is 0 Å². The highest BCUT2D eigenvalue weighted by Crippen LogP contribution is 2.29. The summed E-state index contributed by atoms with van der Waals surface area (Å²) in [6.07, 6.45) is 2.37. The summed E-state index contributed by atoms with van der Waals surface area (Å²) in [5, 5.41) is 5.20. The number of hydrogen-bond acceptors (Lipinski definition) is 5. The highest BCUT2D eigenvalue weighted by molar-refractivity contribution is 7.89. The van der Waals surface area contributed by atoms with Crippen molar-refractivity contribution in [2.45, 2.75) is 30.7 Å². The van der Waals surface area contributed by atoms with Gasteiger partial charge < -0.3 is 10.6 Å². The first-order valence-electron chi connectivity index (χ1n) is 7.21. The standard InChI is InChI=1S/C14H24N4O2S/c1-3-18-9-5-6-11(18)10-17(2)12-7-4-8-13(14(12)15)21(16,19)20/h4,7-8,11H,3,5-6,9-10,15H2,1-2H3,(H2,16,19,20). The normalized spacial score (nSPS) is 19.9. The Hall–Kier alpha value is -1.31. The molecule has 0 saturated carbocycles. The summed E-state index contributed by atoms with van der Waals surface area (Å²) in [6, 6.07) is 5.43. The van der Waals surface area contributed by atoms with E-state index in [1.807, 2.05) is 18.0 Å². The molecule has 1 atom stereocenters. The summed E-state index contributed by atoms with van der Waals surface area (Å²) in [5.41, 5.74) is 6.94. The molecule has 21 heavy (non-hydrogen) atoms. The van der Waals surface area contributed by atoms with Crippen molar-refractivity contribution in [3.63, 3.8) is 0 Å². The van der Waals surface area contributed by atoms with Crippen molar-refractivity contribution in [2.75, 3.05) is 37.3 Å². The molecule has 1 aliphatic heterocycles. The minimum Gasteiger partial charge on any atom is -0.396 e. The SMILES string of the molecule is CCN1CCCC1CN(C)c1cccc(S(N)(=O)=O)c1N. The number of hydrogen-bond donors (Lipinski definition) is 2. The van der Waals surface area contributed by atoms with Crippen molar-refractivity contribution in [3.8, 4) is 0 Å². The van der Waals surface area contributed by atoms with E-state index in [1.165, 1.54) is 12.5 Å². The van der Waals surface area contributed by atoms with E-state index in [2.05, 4.69) is 11.8 Å². The van der Waals surface area contributed by atoms with E-state index in [0.717, 1.165) is 26.1 Å². The van der Waals surface area contributed by atoms with Crippen molar-refractivity contribution in [1.29, 1.82) is 0 Å². The number of likely N-dealkylation sites (N-methyl/N-ethyl adjacent to an activating group) is 2. The molecule has 4 N–H and O–H groups in total. The highest BCUT2D eigenvalue weighted by Gasteiger charge is 2.25. The Bertz CT molecular complexity index is 603. The monoisotopic (exact) mass is 312 g/mol. The average Bonchev–Trinajstić information content (AvgIpc) is 2.84. The molecular formula is C14H24N4O2S. The molecule has 0 radical (unpaired) electrons. The smallest absolute Gasteiger partial charge is 0.240 e. The van der Waals surface area contributed by atoms with Crippen LogP contribution < -0.4 is 15.8 Å². The van der Waals surface area contributed by atoms with Gasteiger partial charge in [0.25, 0.3) is 0 Å². The zero-order valence-corrected chi connectivity index (χ0v) is 13.4. The van der Waals surface area contributed by atoms with Gasteiger partial charge in [0.2, 0.25) is 10.0 Å². The number of nitrogens with zero attached hydrogens (tertiary/aromatic N) is 2. The van der Waals surface area contributed by atoms with E-state index in [1.54, 1.807) is 6.07 Å². The molecule has 0 aromatic heterocycles. The molecule has 1 aliphatic rings. The largest absolute Gasteiger partial charge is 0.396 e. The Morgan fingerprint density at radius 1 is 1.43 bits per heavy atom. The van der Waals surface area contributed by atoms with Crippen LogP contribution in [0, 0.1) is 0 Å². The zero-order chi connectivity index (χ0) is 15.6. The van der Waals surface area contributed by atoms with Gasteiger partial charge in [-0.25, -0.2) is 13.6 Å². The van der Waals surface area contributed by atoms with Crippen LogP contribution >= 0.6 is 0 Å². The summed E-state index contributed by atoms with van der Waals surface area (Å²) in [5.74, 6) is 0. The fourth-order valence-electron chi connectivity index (χ4n) is 3.05. The van der Waals surface area contributed by atoms with Crippen molar-refractivity contribution < 1.29 is 8.42 Å². The van der Waals surface area contributed by atoms with E-state index >= 15 is 0 Å². The van der Waals surface area contributed by atoms with Crippen LogP contribution in [-0.2, 0) is 10.0 Å². The van der Waals surface area contributed by atoms with Gasteiger partial charge >= 0.3 is 0 Å². The molecule has 6 nitrogen and oxygen atoms in total. The van der Waals surface area contributed by atoms with Gasteiger partial charge in [0, 0.05) is 19.6 Å². The van der Waals surface area contributed by atoms with E-state index in [4.69, 9.17) is 10.9 Å². The second-order valence-electron chi connectivity index (χ2n) is 5.54. The zero-order valence-electron chi connectivity index (χ0n) is 12.6. The van der Waals surface area contributed by atoms with E-state index in [9.17, 15) is 8.42 Å². The van der Waals surface area contributed by atoms with Crippen molar-refractivity contribution in [1.82, 2.24) is 4.90 Å². The summed E-state index contributed by atoms with van der Waals surface area (Å²) in [4.78, 5) is 4.45. The van der Waals surface area contributed by atoms with Gasteiger partial charge in [0.1, 0.15) is 4.90 Å². The lowest BCUT2D eigenvalue weighted by atomic mass is 10.2. The molecule has 1 unspecified atom stereocenters. The molecule has 0 aliphatic carbocycles. The van der Waals surface area contributed by atoms with Crippen molar-refractivity contribution >= 4 is 21.4 Å². The van der Waals surface area contributed by atoms with Gasteiger partial charge in [-0.2, -0.15) is 0 Å². The predicted octanol–water partition coefficient (Wildman–Crippen LogP) is 0.837. The number of para-hydroxylation sites is 1. The first-order chi connectivity index (χ1) is 9.84. The number of sulfonamides is 1. The van der Waals surface area contributed by atoms with Crippen molar-refractivity contribution in [3.05, 3.63) is 18.2 Å². The Morgan fingerprint density at radius 3 is 2.76 bits per heavy atom. The fourth-order valence-corrected chi connectivity index (χ4v) is 3.73. The Labute approximate surface area is 126 Å². The third kappa shape index (κ3) is 3.48. The molecule has 1 aromatic rings. The van der Waals surface area contributed by atoms with E-state index in [-0.39, 0.29) is 10.6 Å². The minimum absolute atomic E-state index is 0.00869. The number of nitrogens with two attached hydrogens (primary N) is 2. The molecule has 2 rings (SSSR count). The number of rotatable bonds is 5. The maximum Gasteiger partial charge on any atom is 0.240 e. The lowest BCUT2D eigenvalue weighted by Gasteiger charge is -2.30. The Morgan fingerprint density at radius 2 is 2.14 bits per heavy atom. The van der Waals surface area contributed by atoms with Gasteiger partial charge in [-0.05, 0) is 38.1 Å². The number of anilines is 2. The van der Waals surface area contributed by atoms with Crippen LogP contribution in [-0.4, -0.2) is 46.0 Å². The molecule has 1 aromatic carbocycles. The summed E-state index contributed by atoms with van der Waals surface area (Å²) in [7, 11) is -1.86. The molecule has 1 fully saturated rings. The van der Waals surface area contributed by atoms with E-state index < -0.39 is 10.0 Å².